The molecule has 0 amide bonds. The van der Waals surface area contributed by atoms with Crippen LogP contribution in [0.5, 0.6) is 0 Å². The highest BCUT2D eigenvalue weighted by Crippen LogP contribution is 2.26. The molecule has 75 heavy (non-hydrogen) atoms. The predicted molar refractivity (Wildman–Crippen MR) is 303 cm³/mol. The zero-order valence-corrected chi connectivity index (χ0v) is 46.5. The van der Waals surface area contributed by atoms with Gasteiger partial charge in [-0.2, -0.15) is 0 Å². The number of carboxylic acid groups (broad SMARTS) is 1. The minimum absolute atomic E-state index is 0.0402. The summed E-state index contributed by atoms with van der Waals surface area (Å²) in [5, 5.41) is 31.5. The van der Waals surface area contributed by atoms with E-state index in [-0.39, 0.29) is 25.9 Å². The summed E-state index contributed by atoms with van der Waals surface area (Å²) in [5.41, 5.74) is 0. The van der Waals surface area contributed by atoms with Crippen molar-refractivity contribution in [1.29, 1.82) is 0 Å². The van der Waals surface area contributed by atoms with Crippen molar-refractivity contribution in [3.05, 3.63) is 109 Å². The summed E-state index contributed by atoms with van der Waals surface area (Å²) in [6.45, 7) is 5.63. The van der Waals surface area contributed by atoms with Crippen LogP contribution in [-0.4, -0.2) is 89.2 Å². The maximum atomic E-state index is 13.1. The van der Waals surface area contributed by atoms with Crippen molar-refractivity contribution in [2.75, 3.05) is 13.2 Å². The van der Waals surface area contributed by atoms with Crippen LogP contribution in [0.15, 0.2) is 109 Å². The van der Waals surface area contributed by atoms with Gasteiger partial charge in [0.1, 0.15) is 18.8 Å². The maximum Gasteiger partial charge on any atom is 0.335 e. The number of unbranched alkanes of at least 4 members (excludes halogenated alkanes) is 15. The molecule has 424 valence electrons. The van der Waals surface area contributed by atoms with E-state index in [0.717, 1.165) is 103 Å². The second-order valence-corrected chi connectivity index (χ2v) is 19.2. The summed E-state index contributed by atoms with van der Waals surface area (Å²) < 4.78 is 28.3. The van der Waals surface area contributed by atoms with Crippen LogP contribution in [0.4, 0.5) is 0 Å². The van der Waals surface area contributed by atoms with E-state index in [0.29, 0.717) is 19.3 Å². The standard InChI is InChI=1S/C63H100O12/c1-4-7-10-13-16-19-22-25-26-27-28-29-30-33-36-39-42-45-48-51-57(66)74-61-59(68)58(67)60(62(69)70)75-63(61)72-53-54(73-56(65)50-47-44-41-38-35-32-24-21-18-15-12-9-6-3)52-71-55(64)49-46-43-40-37-34-31-23-20-17-14-11-8-5-2/h8-9,11-12,16-21,25-26,31-32,34-35,40,43,54,58-61,63,67-68H,4-7,10,13-15,22-24,27-30,33,36-39,41-42,44-53H2,1-3H3,(H,69,70)/b11-8-,12-9-,19-16-,20-17-,21-18-,26-25-,34-31-,35-32-,43-40-. The minimum atomic E-state index is -1.92. The van der Waals surface area contributed by atoms with Crippen LogP contribution in [0, 0.1) is 0 Å². The van der Waals surface area contributed by atoms with Crippen molar-refractivity contribution >= 4 is 23.9 Å². The molecule has 0 saturated carbocycles. The van der Waals surface area contributed by atoms with Crippen molar-refractivity contribution in [2.24, 2.45) is 0 Å². The number of carboxylic acids is 1. The summed E-state index contributed by atoms with van der Waals surface area (Å²) >= 11 is 0. The molecule has 0 aromatic rings. The maximum absolute atomic E-state index is 13.1. The van der Waals surface area contributed by atoms with E-state index in [9.17, 15) is 34.5 Å². The van der Waals surface area contributed by atoms with Crippen molar-refractivity contribution in [3.8, 4) is 0 Å². The molecule has 0 aromatic carbocycles. The first-order valence-corrected chi connectivity index (χ1v) is 28.9. The van der Waals surface area contributed by atoms with E-state index in [1.165, 1.54) is 51.4 Å². The van der Waals surface area contributed by atoms with Gasteiger partial charge in [-0.25, -0.2) is 4.79 Å². The molecule has 6 unspecified atom stereocenters. The predicted octanol–water partition coefficient (Wildman–Crippen LogP) is 14.7. The molecule has 1 heterocycles. The molecule has 1 aliphatic heterocycles. The minimum Gasteiger partial charge on any atom is -0.479 e. The fraction of sp³-hybridized carbons (Fsp3) is 0.651. The van der Waals surface area contributed by atoms with Gasteiger partial charge >= 0.3 is 23.9 Å². The molecular formula is C63H100O12. The largest absolute Gasteiger partial charge is 0.479 e. The summed E-state index contributed by atoms with van der Waals surface area (Å²) in [7, 11) is 0. The van der Waals surface area contributed by atoms with Gasteiger partial charge in [0.15, 0.2) is 24.6 Å². The molecule has 12 nitrogen and oxygen atoms in total. The highest BCUT2D eigenvalue weighted by molar-refractivity contribution is 5.74. The van der Waals surface area contributed by atoms with Gasteiger partial charge in [0.05, 0.1) is 6.61 Å². The van der Waals surface area contributed by atoms with Gasteiger partial charge in [0.2, 0.25) is 0 Å². The van der Waals surface area contributed by atoms with Gasteiger partial charge in [0.25, 0.3) is 0 Å². The number of esters is 3. The number of carbonyl (C=O) groups excluding carboxylic acids is 3. The quantitative estimate of drug-likeness (QED) is 0.0228. The zero-order valence-electron chi connectivity index (χ0n) is 46.5. The average molecular weight is 1050 g/mol. The Morgan fingerprint density at radius 2 is 0.867 bits per heavy atom. The number of rotatable bonds is 47. The number of hydrogen-bond acceptors (Lipinski definition) is 11. The fourth-order valence-electron chi connectivity index (χ4n) is 7.95. The van der Waals surface area contributed by atoms with Gasteiger partial charge < -0.3 is 39.0 Å². The molecule has 3 N–H and O–H groups in total. The van der Waals surface area contributed by atoms with Crippen LogP contribution in [-0.2, 0) is 42.9 Å². The van der Waals surface area contributed by atoms with Crippen molar-refractivity contribution in [3.63, 3.8) is 0 Å². The monoisotopic (exact) mass is 1050 g/mol. The molecule has 0 spiro atoms. The number of aliphatic hydroxyl groups excluding tert-OH is 2. The number of hydrogen-bond donors (Lipinski definition) is 3. The van der Waals surface area contributed by atoms with E-state index >= 15 is 0 Å². The lowest BCUT2D eigenvalue weighted by atomic mass is 9.98. The lowest BCUT2D eigenvalue weighted by Crippen LogP contribution is -2.61. The molecule has 1 fully saturated rings. The Morgan fingerprint density at radius 1 is 0.453 bits per heavy atom. The van der Waals surface area contributed by atoms with E-state index in [2.05, 4.69) is 118 Å². The van der Waals surface area contributed by atoms with Crippen molar-refractivity contribution in [1.82, 2.24) is 0 Å². The van der Waals surface area contributed by atoms with Gasteiger partial charge in [-0.05, 0) is 109 Å². The number of aliphatic hydroxyl groups is 2. The first kappa shape index (κ1) is 68.4. The van der Waals surface area contributed by atoms with Gasteiger partial charge in [-0.3, -0.25) is 14.4 Å². The summed E-state index contributed by atoms with van der Waals surface area (Å²) in [5.74, 6) is -3.29. The third kappa shape index (κ3) is 40.3. The summed E-state index contributed by atoms with van der Waals surface area (Å²) in [6.07, 6.45) is 55.1. The van der Waals surface area contributed by atoms with Crippen molar-refractivity contribution in [2.45, 2.75) is 250 Å². The summed E-state index contributed by atoms with van der Waals surface area (Å²) in [4.78, 5) is 51.0. The van der Waals surface area contributed by atoms with Crippen molar-refractivity contribution < 1.29 is 58.2 Å². The van der Waals surface area contributed by atoms with Gasteiger partial charge in [0, 0.05) is 19.3 Å². The Labute approximate surface area is 453 Å². The highest BCUT2D eigenvalue weighted by Gasteiger charge is 2.50. The zero-order chi connectivity index (χ0) is 54.7. The average Bonchev–Trinajstić information content (AvgIpc) is 3.39. The Balaban J connectivity index is 2.73. The fourth-order valence-corrected chi connectivity index (χ4v) is 7.95. The number of carbonyl (C=O) groups is 4. The van der Waals surface area contributed by atoms with E-state index in [1.54, 1.807) is 0 Å². The van der Waals surface area contributed by atoms with E-state index in [1.807, 2.05) is 12.2 Å². The van der Waals surface area contributed by atoms with Crippen LogP contribution in [0.3, 0.4) is 0 Å². The third-order valence-corrected chi connectivity index (χ3v) is 12.3. The molecule has 1 aliphatic rings. The normalized spacial score (nSPS) is 19.0. The lowest BCUT2D eigenvalue weighted by Gasteiger charge is -2.40. The van der Waals surface area contributed by atoms with Crippen LogP contribution >= 0.6 is 0 Å². The molecule has 1 saturated heterocycles. The second kappa shape index (κ2) is 50.2. The van der Waals surface area contributed by atoms with Gasteiger partial charge in [-0.1, -0.05) is 194 Å². The lowest BCUT2D eigenvalue weighted by molar-refractivity contribution is -0.301. The summed E-state index contributed by atoms with van der Waals surface area (Å²) in [6, 6.07) is 0. The highest BCUT2D eigenvalue weighted by atomic mass is 16.7. The van der Waals surface area contributed by atoms with Gasteiger partial charge in [-0.15, -0.1) is 0 Å². The van der Waals surface area contributed by atoms with Crippen LogP contribution in [0.2, 0.25) is 0 Å². The number of ether oxygens (including phenoxy) is 5. The molecule has 0 bridgehead atoms. The third-order valence-electron chi connectivity index (χ3n) is 12.3. The second-order valence-electron chi connectivity index (χ2n) is 19.2. The molecule has 1 rings (SSSR count). The van der Waals surface area contributed by atoms with Crippen LogP contribution in [0.1, 0.15) is 213 Å². The first-order valence-electron chi connectivity index (χ1n) is 28.9. The molecule has 12 heteroatoms. The smallest absolute Gasteiger partial charge is 0.335 e. The molecule has 6 atom stereocenters. The Hall–Kier alpha value is -4.62. The molecule has 0 aliphatic carbocycles. The Bertz CT molecular complexity index is 1720. The number of aliphatic carboxylic acids is 1. The molecular weight excluding hydrogens is 949 g/mol. The SMILES string of the molecule is CC/C=C\C/C=C\C/C=C\C/C=C\CCC(=O)OCC(COC1OC(C(=O)O)C(O)C(O)C1OC(=O)CCCCCCCCCCC/C=C\C/C=C\CCCCC)OC(=O)CCCCC/C=C\C/C=C\C/C=C\CC. The van der Waals surface area contributed by atoms with Crippen LogP contribution in [0.25, 0.3) is 0 Å². The topological polar surface area (TPSA) is 175 Å². The first-order chi connectivity index (χ1) is 36.6. The molecule has 0 radical (unpaired) electrons. The van der Waals surface area contributed by atoms with Crippen LogP contribution < -0.4 is 0 Å². The Morgan fingerprint density at radius 3 is 1.35 bits per heavy atom. The van der Waals surface area contributed by atoms with E-state index in [4.69, 9.17) is 23.7 Å². The van der Waals surface area contributed by atoms with E-state index < -0.39 is 67.3 Å². The Kier molecular flexibility index (Phi) is 45.8. The molecule has 0 aromatic heterocycles. The number of allylic oxidation sites excluding steroid dienone is 18.